The molecule has 0 saturated carbocycles. The molecule has 2 amide bonds. The van der Waals surface area contributed by atoms with Crippen LogP contribution in [0.4, 0.5) is 4.79 Å². The van der Waals surface area contributed by atoms with Gasteiger partial charge in [-0.1, -0.05) is 30.7 Å². The highest BCUT2D eigenvalue weighted by atomic mass is 35.5. The number of nitrogens with zero attached hydrogens (tertiary/aromatic N) is 2. The van der Waals surface area contributed by atoms with Crippen LogP contribution >= 0.6 is 11.6 Å². The number of hydrogen-bond donors (Lipinski definition) is 1. The van der Waals surface area contributed by atoms with Crippen molar-refractivity contribution in [1.29, 1.82) is 0 Å². The number of halogens is 1. The van der Waals surface area contributed by atoms with Crippen molar-refractivity contribution in [2.75, 3.05) is 6.54 Å². The lowest BCUT2D eigenvalue weighted by Crippen LogP contribution is -2.40. The fourth-order valence-corrected chi connectivity index (χ4v) is 3.21. The first kappa shape index (κ1) is 14.8. The van der Waals surface area contributed by atoms with Gasteiger partial charge in [0.15, 0.2) is 0 Å². The van der Waals surface area contributed by atoms with Gasteiger partial charge < -0.3 is 0 Å². The molecule has 1 N–H and O–H groups in total. The normalized spacial score (nSPS) is 18.3. The molecule has 0 fully saturated rings. The van der Waals surface area contributed by atoms with E-state index in [4.69, 9.17) is 11.6 Å². The van der Waals surface area contributed by atoms with Crippen LogP contribution in [0.2, 0.25) is 5.02 Å². The van der Waals surface area contributed by atoms with Crippen molar-refractivity contribution in [3.05, 3.63) is 29.3 Å². The Morgan fingerprint density at radius 1 is 1.50 bits per heavy atom. The van der Waals surface area contributed by atoms with Crippen molar-refractivity contribution in [3.8, 4) is 0 Å². The van der Waals surface area contributed by atoms with Gasteiger partial charge in [0.2, 0.25) is 0 Å². The number of urea groups is 1. The standard InChI is InChI=1S/C12H14ClN3O3S/c1-2-9-7-14-16(8-9)12(17)15-20(18,19)11-6-4-3-5-10(11)13/h3-7,9H,2,8H2,1H3,(H,15,17). The molecule has 0 saturated heterocycles. The smallest absolute Gasteiger partial charge is 0.246 e. The van der Waals surface area contributed by atoms with E-state index in [0.717, 1.165) is 11.4 Å². The highest BCUT2D eigenvalue weighted by molar-refractivity contribution is 7.90. The summed E-state index contributed by atoms with van der Waals surface area (Å²) in [6, 6.07) is 5.14. The van der Waals surface area contributed by atoms with Gasteiger partial charge in [-0.05, 0) is 18.6 Å². The van der Waals surface area contributed by atoms with Crippen LogP contribution < -0.4 is 4.72 Å². The summed E-state index contributed by atoms with van der Waals surface area (Å²) in [6.45, 7) is 2.35. The van der Waals surface area contributed by atoms with Crippen LogP contribution in [0.1, 0.15) is 13.3 Å². The fraction of sp³-hybridized carbons (Fsp3) is 0.333. The first-order valence-corrected chi connectivity index (χ1v) is 7.93. The molecule has 0 radical (unpaired) electrons. The van der Waals surface area contributed by atoms with Crippen molar-refractivity contribution in [1.82, 2.24) is 9.73 Å². The molecule has 0 aliphatic carbocycles. The zero-order valence-corrected chi connectivity index (χ0v) is 12.4. The number of carbonyl (C=O) groups is 1. The van der Waals surface area contributed by atoms with Gasteiger partial charge in [-0.25, -0.2) is 22.9 Å². The van der Waals surface area contributed by atoms with Crippen LogP contribution in [0, 0.1) is 5.92 Å². The Morgan fingerprint density at radius 2 is 2.20 bits per heavy atom. The second-order valence-corrected chi connectivity index (χ2v) is 6.41. The van der Waals surface area contributed by atoms with E-state index in [1.54, 1.807) is 12.3 Å². The number of carbonyl (C=O) groups excluding carboxylic acids is 1. The first-order valence-electron chi connectivity index (χ1n) is 6.07. The molecule has 1 unspecified atom stereocenters. The average Bonchev–Trinajstić information content (AvgIpc) is 2.87. The minimum Gasteiger partial charge on any atom is -0.246 e. The summed E-state index contributed by atoms with van der Waals surface area (Å²) in [5.41, 5.74) is 0. The average molecular weight is 316 g/mol. The molecule has 0 spiro atoms. The molecule has 20 heavy (non-hydrogen) atoms. The quantitative estimate of drug-likeness (QED) is 0.927. The summed E-state index contributed by atoms with van der Waals surface area (Å²) in [6.07, 6.45) is 2.48. The lowest BCUT2D eigenvalue weighted by Gasteiger charge is -2.15. The minimum atomic E-state index is -4.00. The third-order valence-corrected chi connectivity index (χ3v) is 4.75. The Bertz CT molecular complexity index is 645. The highest BCUT2D eigenvalue weighted by Gasteiger charge is 2.27. The third-order valence-electron chi connectivity index (χ3n) is 2.93. The van der Waals surface area contributed by atoms with E-state index in [1.165, 1.54) is 18.2 Å². The van der Waals surface area contributed by atoms with Crippen molar-refractivity contribution in [2.45, 2.75) is 18.2 Å². The minimum absolute atomic E-state index is 0.0594. The lowest BCUT2D eigenvalue weighted by molar-refractivity contribution is 0.207. The van der Waals surface area contributed by atoms with Gasteiger partial charge in [0.25, 0.3) is 10.0 Å². The number of nitrogens with one attached hydrogen (secondary N) is 1. The zero-order chi connectivity index (χ0) is 14.8. The van der Waals surface area contributed by atoms with Crippen molar-refractivity contribution in [2.24, 2.45) is 11.0 Å². The van der Waals surface area contributed by atoms with Crippen molar-refractivity contribution in [3.63, 3.8) is 0 Å². The number of hydrogen-bond acceptors (Lipinski definition) is 4. The molecule has 1 aromatic rings. The fourth-order valence-electron chi connectivity index (χ4n) is 1.75. The van der Waals surface area contributed by atoms with Crippen molar-refractivity contribution < 1.29 is 13.2 Å². The van der Waals surface area contributed by atoms with Crippen LogP contribution in [0.3, 0.4) is 0 Å². The maximum atomic E-state index is 12.1. The van der Waals surface area contributed by atoms with Gasteiger partial charge >= 0.3 is 6.03 Å². The van der Waals surface area contributed by atoms with Crippen LogP contribution in [-0.4, -0.2) is 32.2 Å². The van der Waals surface area contributed by atoms with Crippen LogP contribution in [0.5, 0.6) is 0 Å². The summed E-state index contributed by atoms with van der Waals surface area (Å²) < 4.78 is 26.1. The maximum absolute atomic E-state index is 12.1. The molecule has 1 aromatic carbocycles. The molecule has 1 aliphatic heterocycles. The molecule has 1 atom stereocenters. The molecule has 108 valence electrons. The van der Waals surface area contributed by atoms with Gasteiger partial charge in [-0.2, -0.15) is 5.10 Å². The maximum Gasteiger partial charge on any atom is 0.351 e. The van der Waals surface area contributed by atoms with Gasteiger partial charge in [0, 0.05) is 12.1 Å². The van der Waals surface area contributed by atoms with E-state index in [2.05, 4.69) is 5.10 Å². The first-order chi connectivity index (χ1) is 9.44. The molecular formula is C12H14ClN3O3S. The van der Waals surface area contributed by atoms with Gasteiger partial charge in [0.1, 0.15) is 4.90 Å². The predicted octanol–water partition coefficient (Wildman–Crippen LogP) is 2.07. The molecular weight excluding hydrogens is 302 g/mol. The topological polar surface area (TPSA) is 78.8 Å². The van der Waals surface area contributed by atoms with E-state index < -0.39 is 16.1 Å². The Kier molecular flexibility index (Phi) is 4.29. The van der Waals surface area contributed by atoms with E-state index >= 15 is 0 Å². The monoisotopic (exact) mass is 315 g/mol. The molecule has 0 aromatic heterocycles. The number of rotatable bonds is 3. The lowest BCUT2D eigenvalue weighted by atomic mass is 10.1. The third kappa shape index (κ3) is 3.10. The Hall–Kier alpha value is -1.60. The van der Waals surface area contributed by atoms with E-state index in [9.17, 15) is 13.2 Å². The van der Waals surface area contributed by atoms with E-state index in [1.807, 2.05) is 11.6 Å². The summed E-state index contributed by atoms with van der Waals surface area (Å²) in [7, 11) is -4.00. The number of benzene rings is 1. The summed E-state index contributed by atoms with van der Waals surface area (Å²) in [4.78, 5) is 11.8. The molecule has 2 rings (SSSR count). The summed E-state index contributed by atoms with van der Waals surface area (Å²) in [5, 5.41) is 5.05. The molecule has 8 heteroatoms. The highest BCUT2D eigenvalue weighted by Crippen LogP contribution is 2.20. The number of hydrazone groups is 1. The Morgan fingerprint density at radius 3 is 2.80 bits per heavy atom. The summed E-state index contributed by atoms with van der Waals surface area (Å²) in [5.74, 6) is 0.156. The van der Waals surface area contributed by atoms with E-state index in [0.29, 0.717) is 6.54 Å². The van der Waals surface area contributed by atoms with E-state index in [-0.39, 0.29) is 15.8 Å². The number of amides is 2. The zero-order valence-electron chi connectivity index (χ0n) is 10.8. The SMILES string of the molecule is CCC1C=NN(C(=O)NS(=O)(=O)c2ccccc2Cl)C1. The van der Waals surface area contributed by atoms with Crippen LogP contribution in [0.15, 0.2) is 34.3 Å². The molecule has 1 aliphatic rings. The second-order valence-electron chi connectivity index (χ2n) is 4.36. The van der Waals surface area contributed by atoms with Crippen LogP contribution in [-0.2, 0) is 10.0 Å². The molecule has 6 nitrogen and oxygen atoms in total. The van der Waals surface area contributed by atoms with Gasteiger partial charge in [-0.3, -0.25) is 0 Å². The van der Waals surface area contributed by atoms with Crippen LogP contribution in [0.25, 0.3) is 0 Å². The Balaban J connectivity index is 2.12. The molecule has 0 bridgehead atoms. The second kappa shape index (κ2) is 5.80. The molecule has 1 heterocycles. The van der Waals surface area contributed by atoms with Gasteiger partial charge in [0.05, 0.1) is 11.6 Å². The van der Waals surface area contributed by atoms with Gasteiger partial charge in [-0.15, -0.1) is 0 Å². The summed E-state index contributed by atoms with van der Waals surface area (Å²) >= 11 is 5.82. The number of sulfonamides is 1. The Labute approximate surface area is 122 Å². The van der Waals surface area contributed by atoms with Crippen molar-refractivity contribution >= 4 is 33.9 Å². The largest absolute Gasteiger partial charge is 0.351 e. The predicted molar refractivity (Wildman–Crippen MR) is 76.1 cm³/mol.